The van der Waals surface area contributed by atoms with Gasteiger partial charge in [0.15, 0.2) is 22.5 Å². The number of nitrogens with zero attached hydrogens (tertiary/aromatic N) is 4. The summed E-state index contributed by atoms with van der Waals surface area (Å²) in [7, 11) is 0. The highest BCUT2D eigenvalue weighted by Crippen LogP contribution is 2.21. The Hall–Kier alpha value is -3.31. The van der Waals surface area contributed by atoms with Crippen LogP contribution in [0.1, 0.15) is 11.4 Å². The molecule has 0 bridgehead atoms. The van der Waals surface area contributed by atoms with Gasteiger partial charge in [-0.2, -0.15) is 5.26 Å². The lowest BCUT2D eigenvalue weighted by Gasteiger charge is -2.10. The van der Waals surface area contributed by atoms with Crippen LogP contribution in [0.3, 0.4) is 0 Å². The molecular weight excluding hydrogens is 391 g/mol. The molecule has 0 spiro atoms. The summed E-state index contributed by atoms with van der Waals surface area (Å²) in [4.78, 5) is 0. The fourth-order valence-corrected chi connectivity index (χ4v) is 3.25. The molecule has 0 aliphatic carbocycles. The smallest absolute Gasteiger partial charge is 0.191 e. The minimum absolute atomic E-state index is 0.101. The standard InChI is InChI=1S/C21H19FN4O2S/c1-2-11-26-20(15-28-19-6-4-3-5-18(19)22)24-25-21(26)29-13-12-27-17-9-7-16(14-23)8-10-17/h2-10H,1,11-13,15H2. The average Bonchev–Trinajstić information content (AvgIpc) is 3.13. The zero-order valence-corrected chi connectivity index (χ0v) is 16.4. The van der Waals surface area contributed by atoms with E-state index in [0.717, 1.165) is 0 Å². The first-order valence-corrected chi connectivity index (χ1v) is 9.86. The molecule has 3 aromatic rings. The molecule has 0 atom stereocenters. The third-order valence-corrected chi connectivity index (χ3v) is 4.80. The molecule has 0 saturated heterocycles. The van der Waals surface area contributed by atoms with Crippen molar-refractivity contribution in [1.82, 2.24) is 14.8 Å². The molecule has 0 saturated carbocycles. The normalized spacial score (nSPS) is 10.3. The lowest BCUT2D eigenvalue weighted by Crippen LogP contribution is -2.08. The maximum atomic E-state index is 13.7. The Morgan fingerprint density at radius 3 is 2.66 bits per heavy atom. The van der Waals surface area contributed by atoms with Crippen molar-refractivity contribution in [3.05, 3.63) is 78.4 Å². The number of nitriles is 1. The molecule has 1 heterocycles. The van der Waals surface area contributed by atoms with E-state index in [1.54, 1.807) is 48.5 Å². The minimum atomic E-state index is -0.420. The number of hydrogen-bond donors (Lipinski definition) is 0. The quantitative estimate of drug-likeness (QED) is 0.283. The number of allylic oxidation sites excluding steroid dienone is 1. The second-order valence-corrected chi connectivity index (χ2v) is 6.91. The fourth-order valence-electron chi connectivity index (χ4n) is 2.47. The van der Waals surface area contributed by atoms with E-state index >= 15 is 0 Å². The van der Waals surface area contributed by atoms with Crippen LogP contribution < -0.4 is 9.47 Å². The van der Waals surface area contributed by atoms with Gasteiger partial charge in [0.25, 0.3) is 0 Å². The predicted octanol–water partition coefficient (Wildman–Crippen LogP) is 4.22. The predicted molar refractivity (Wildman–Crippen MR) is 108 cm³/mol. The Morgan fingerprint density at radius 1 is 1.14 bits per heavy atom. The van der Waals surface area contributed by atoms with Gasteiger partial charge in [-0.15, -0.1) is 16.8 Å². The summed E-state index contributed by atoms with van der Waals surface area (Å²) in [6, 6.07) is 15.3. The summed E-state index contributed by atoms with van der Waals surface area (Å²) in [6.45, 7) is 4.85. The molecule has 8 heteroatoms. The first-order valence-electron chi connectivity index (χ1n) is 8.87. The van der Waals surface area contributed by atoms with Gasteiger partial charge in [0.2, 0.25) is 0 Å². The highest BCUT2D eigenvalue weighted by molar-refractivity contribution is 7.99. The summed E-state index contributed by atoms with van der Waals surface area (Å²) in [5, 5.41) is 17.9. The van der Waals surface area contributed by atoms with Gasteiger partial charge in [-0.25, -0.2) is 4.39 Å². The largest absolute Gasteiger partial charge is 0.493 e. The average molecular weight is 410 g/mol. The number of rotatable bonds is 10. The van der Waals surface area contributed by atoms with E-state index in [9.17, 15) is 4.39 Å². The van der Waals surface area contributed by atoms with E-state index in [1.807, 2.05) is 4.57 Å². The van der Waals surface area contributed by atoms with E-state index in [-0.39, 0.29) is 12.4 Å². The van der Waals surface area contributed by atoms with Gasteiger partial charge >= 0.3 is 0 Å². The summed E-state index contributed by atoms with van der Waals surface area (Å²) >= 11 is 1.49. The third kappa shape index (κ3) is 5.59. The molecule has 3 rings (SSSR count). The van der Waals surface area contributed by atoms with E-state index in [4.69, 9.17) is 14.7 Å². The molecule has 0 fully saturated rings. The van der Waals surface area contributed by atoms with Gasteiger partial charge in [-0.1, -0.05) is 30.0 Å². The number of para-hydroxylation sites is 1. The lowest BCUT2D eigenvalue weighted by molar-refractivity contribution is 0.275. The van der Waals surface area contributed by atoms with Gasteiger partial charge in [0.05, 0.1) is 18.2 Å². The maximum absolute atomic E-state index is 13.7. The first kappa shape index (κ1) is 20.4. The molecule has 6 nitrogen and oxygen atoms in total. The van der Waals surface area contributed by atoms with Crippen molar-refractivity contribution in [2.45, 2.75) is 18.3 Å². The second-order valence-electron chi connectivity index (χ2n) is 5.85. The van der Waals surface area contributed by atoms with E-state index < -0.39 is 5.82 Å². The van der Waals surface area contributed by atoms with Crippen LogP contribution in [0.15, 0.2) is 66.3 Å². The van der Waals surface area contributed by atoms with Crippen LogP contribution in [0.5, 0.6) is 11.5 Å². The van der Waals surface area contributed by atoms with Crippen molar-refractivity contribution in [2.24, 2.45) is 0 Å². The van der Waals surface area contributed by atoms with Crippen LogP contribution in [0.4, 0.5) is 4.39 Å². The van der Waals surface area contributed by atoms with Crippen molar-refractivity contribution >= 4 is 11.8 Å². The highest BCUT2D eigenvalue weighted by atomic mass is 32.2. The topological polar surface area (TPSA) is 73.0 Å². The Labute approximate surface area is 172 Å². The van der Waals surface area contributed by atoms with Crippen molar-refractivity contribution in [1.29, 1.82) is 5.26 Å². The summed E-state index contributed by atoms with van der Waals surface area (Å²) < 4.78 is 26.8. The van der Waals surface area contributed by atoms with Gasteiger partial charge in [-0.05, 0) is 36.4 Å². The van der Waals surface area contributed by atoms with Crippen molar-refractivity contribution in [3.63, 3.8) is 0 Å². The molecule has 0 radical (unpaired) electrons. The van der Waals surface area contributed by atoms with Gasteiger partial charge in [0.1, 0.15) is 12.4 Å². The number of thioether (sulfide) groups is 1. The Kier molecular flexibility index (Phi) is 7.25. The number of benzene rings is 2. The van der Waals surface area contributed by atoms with Crippen molar-refractivity contribution < 1.29 is 13.9 Å². The third-order valence-electron chi connectivity index (χ3n) is 3.87. The van der Waals surface area contributed by atoms with E-state index in [0.29, 0.717) is 41.2 Å². The number of hydrogen-bond acceptors (Lipinski definition) is 6. The van der Waals surface area contributed by atoms with Crippen LogP contribution in [-0.2, 0) is 13.2 Å². The van der Waals surface area contributed by atoms with Gasteiger partial charge in [-0.3, -0.25) is 4.57 Å². The monoisotopic (exact) mass is 410 g/mol. The molecule has 29 heavy (non-hydrogen) atoms. The van der Waals surface area contributed by atoms with Crippen molar-refractivity contribution in [3.8, 4) is 17.6 Å². The molecule has 0 aliphatic heterocycles. The van der Waals surface area contributed by atoms with Crippen LogP contribution >= 0.6 is 11.8 Å². The second kappa shape index (κ2) is 10.3. The molecule has 148 valence electrons. The highest BCUT2D eigenvalue weighted by Gasteiger charge is 2.13. The SMILES string of the molecule is C=CCn1c(COc2ccccc2F)nnc1SCCOc1ccc(C#N)cc1. The molecule has 1 aromatic heterocycles. The van der Waals surface area contributed by atoms with Gasteiger partial charge in [0, 0.05) is 12.3 Å². The molecule has 0 unspecified atom stereocenters. The van der Waals surface area contributed by atoms with Crippen LogP contribution in [0.2, 0.25) is 0 Å². The summed E-state index contributed by atoms with van der Waals surface area (Å²) in [5.74, 6) is 1.70. The first-order chi connectivity index (χ1) is 14.2. The fraction of sp³-hybridized carbons (Fsp3) is 0.190. The van der Waals surface area contributed by atoms with Crippen LogP contribution in [0.25, 0.3) is 0 Å². The molecule has 0 N–H and O–H groups in total. The Bertz CT molecular complexity index is 999. The maximum Gasteiger partial charge on any atom is 0.191 e. The van der Waals surface area contributed by atoms with Crippen molar-refractivity contribution in [2.75, 3.05) is 12.4 Å². The Balaban J connectivity index is 1.55. The van der Waals surface area contributed by atoms with E-state index in [1.165, 1.54) is 17.8 Å². The minimum Gasteiger partial charge on any atom is -0.493 e. The number of halogens is 1. The van der Waals surface area contributed by atoms with Crippen LogP contribution in [-0.4, -0.2) is 27.1 Å². The lowest BCUT2D eigenvalue weighted by atomic mass is 10.2. The zero-order chi connectivity index (χ0) is 20.5. The summed E-state index contributed by atoms with van der Waals surface area (Å²) in [5.41, 5.74) is 0.592. The van der Waals surface area contributed by atoms with Gasteiger partial charge < -0.3 is 9.47 Å². The molecular formula is C21H19FN4O2S. The number of ether oxygens (including phenoxy) is 2. The molecule has 0 aliphatic rings. The molecule has 2 aromatic carbocycles. The van der Waals surface area contributed by atoms with Crippen LogP contribution in [0, 0.1) is 17.1 Å². The summed E-state index contributed by atoms with van der Waals surface area (Å²) in [6.07, 6.45) is 1.74. The zero-order valence-electron chi connectivity index (χ0n) is 15.6. The van der Waals surface area contributed by atoms with E-state index in [2.05, 4.69) is 22.8 Å². The molecule has 0 amide bonds. The number of aromatic nitrogens is 3. The Morgan fingerprint density at radius 2 is 1.93 bits per heavy atom.